The van der Waals surface area contributed by atoms with Gasteiger partial charge in [-0.25, -0.2) is 4.79 Å². The predicted octanol–water partition coefficient (Wildman–Crippen LogP) is 2.59. The smallest absolute Gasteiger partial charge is 0.336 e. The minimum atomic E-state index is -0.984. The highest BCUT2D eigenvalue weighted by Crippen LogP contribution is 2.48. The second kappa shape index (κ2) is 5.73. The molecule has 7 heteroatoms. The summed E-state index contributed by atoms with van der Waals surface area (Å²) < 4.78 is 1.81. The van der Waals surface area contributed by atoms with Crippen LogP contribution in [-0.2, 0) is 7.05 Å². The number of thiophene rings is 1. The Balaban J connectivity index is 1.45. The number of carboxylic acid groups (broad SMARTS) is 1. The van der Waals surface area contributed by atoms with Gasteiger partial charge >= 0.3 is 5.97 Å². The fourth-order valence-electron chi connectivity index (χ4n) is 3.23. The summed E-state index contributed by atoms with van der Waals surface area (Å²) in [7, 11) is 1.91. The first kappa shape index (κ1) is 15.4. The number of amides is 1. The van der Waals surface area contributed by atoms with Crippen LogP contribution < -0.4 is 0 Å². The first-order chi connectivity index (χ1) is 11.5. The van der Waals surface area contributed by atoms with Gasteiger partial charge in [-0.15, -0.1) is 11.3 Å². The average molecular weight is 345 g/mol. The quantitative estimate of drug-likeness (QED) is 0.873. The van der Waals surface area contributed by atoms with Gasteiger partial charge in [-0.2, -0.15) is 5.10 Å². The number of aromatic carboxylic acids is 1. The largest absolute Gasteiger partial charge is 0.478 e. The third-order valence-corrected chi connectivity index (χ3v) is 5.73. The SMILES string of the molecule is Cn1cc([C@@H]2C[C@H]2CN(C(=O)c2cc(C(=O)O)cs2)C2CC2)cn1. The maximum absolute atomic E-state index is 12.8. The standard InChI is InChI=1S/C17H19N3O3S/c1-19-7-12(6-18-19)14-4-10(14)8-20(13-2-3-13)16(21)15-5-11(9-24-15)17(22)23/h5-7,9-10,13-14H,2-4,8H2,1H3,(H,22,23)/t10-,14+/m0/s1. The van der Waals surface area contributed by atoms with E-state index in [1.165, 1.54) is 28.3 Å². The number of hydrogen-bond acceptors (Lipinski definition) is 4. The van der Waals surface area contributed by atoms with Crippen LogP contribution in [0.25, 0.3) is 0 Å². The molecule has 6 nitrogen and oxygen atoms in total. The van der Waals surface area contributed by atoms with E-state index in [0.29, 0.717) is 22.8 Å². The Labute approximate surface area is 143 Å². The van der Waals surface area contributed by atoms with Crippen LogP contribution in [0.4, 0.5) is 0 Å². The van der Waals surface area contributed by atoms with Crippen molar-refractivity contribution in [3.05, 3.63) is 39.8 Å². The van der Waals surface area contributed by atoms with Gasteiger partial charge in [-0.1, -0.05) is 0 Å². The molecule has 4 rings (SSSR count). The summed E-state index contributed by atoms with van der Waals surface area (Å²) in [5, 5.41) is 14.8. The van der Waals surface area contributed by atoms with Crippen molar-refractivity contribution in [1.82, 2.24) is 14.7 Å². The van der Waals surface area contributed by atoms with E-state index in [-0.39, 0.29) is 11.5 Å². The topological polar surface area (TPSA) is 75.4 Å². The van der Waals surface area contributed by atoms with Gasteiger partial charge in [0.15, 0.2) is 0 Å². The number of aromatic nitrogens is 2. The Hall–Kier alpha value is -2.15. The fraction of sp³-hybridized carbons (Fsp3) is 0.471. The number of carboxylic acids is 1. The molecular formula is C17H19N3O3S. The van der Waals surface area contributed by atoms with Gasteiger partial charge in [0.05, 0.1) is 16.6 Å². The Morgan fingerprint density at radius 3 is 2.83 bits per heavy atom. The fourth-order valence-corrected chi connectivity index (χ4v) is 4.06. The minimum Gasteiger partial charge on any atom is -0.478 e. The molecule has 24 heavy (non-hydrogen) atoms. The monoisotopic (exact) mass is 345 g/mol. The molecule has 2 aromatic heterocycles. The van der Waals surface area contributed by atoms with Gasteiger partial charge in [0.25, 0.3) is 5.91 Å². The van der Waals surface area contributed by atoms with Crippen LogP contribution in [-0.4, -0.2) is 44.3 Å². The van der Waals surface area contributed by atoms with Gasteiger partial charge in [0.2, 0.25) is 0 Å². The van der Waals surface area contributed by atoms with Crippen molar-refractivity contribution in [3.63, 3.8) is 0 Å². The van der Waals surface area contributed by atoms with Crippen LogP contribution in [0.5, 0.6) is 0 Å². The molecule has 0 unspecified atom stereocenters. The summed E-state index contributed by atoms with van der Waals surface area (Å²) in [6, 6.07) is 1.82. The molecule has 1 N–H and O–H groups in total. The van der Waals surface area contributed by atoms with Crippen LogP contribution in [0, 0.1) is 5.92 Å². The van der Waals surface area contributed by atoms with Gasteiger partial charge < -0.3 is 10.0 Å². The second-order valence-electron chi connectivity index (χ2n) is 6.74. The van der Waals surface area contributed by atoms with Crippen LogP contribution in [0.3, 0.4) is 0 Å². The molecule has 0 aromatic carbocycles. The molecule has 2 atom stereocenters. The Kier molecular flexibility index (Phi) is 3.68. The van der Waals surface area contributed by atoms with Crippen molar-refractivity contribution in [2.75, 3.05) is 6.54 Å². The average Bonchev–Trinajstić information content (AvgIpc) is 3.43. The Bertz CT molecular complexity index is 793. The molecule has 0 aliphatic heterocycles. The maximum Gasteiger partial charge on any atom is 0.336 e. The summed E-state index contributed by atoms with van der Waals surface area (Å²) in [6.45, 7) is 0.753. The summed E-state index contributed by atoms with van der Waals surface area (Å²) >= 11 is 1.22. The van der Waals surface area contributed by atoms with Crippen molar-refractivity contribution in [2.45, 2.75) is 31.2 Å². The van der Waals surface area contributed by atoms with E-state index in [9.17, 15) is 9.59 Å². The predicted molar refractivity (Wildman–Crippen MR) is 89.4 cm³/mol. The lowest BCUT2D eigenvalue weighted by Gasteiger charge is -2.22. The van der Waals surface area contributed by atoms with E-state index in [2.05, 4.69) is 5.10 Å². The molecule has 0 spiro atoms. The molecule has 2 aliphatic carbocycles. The molecular weight excluding hydrogens is 326 g/mol. The lowest BCUT2D eigenvalue weighted by Crippen LogP contribution is -2.34. The molecule has 0 radical (unpaired) electrons. The number of nitrogens with zero attached hydrogens (tertiary/aromatic N) is 3. The summed E-state index contributed by atoms with van der Waals surface area (Å²) in [6.07, 6.45) is 7.14. The molecule has 0 bridgehead atoms. The van der Waals surface area contributed by atoms with Crippen molar-refractivity contribution in [3.8, 4) is 0 Å². The van der Waals surface area contributed by atoms with Crippen molar-refractivity contribution in [2.24, 2.45) is 13.0 Å². The van der Waals surface area contributed by atoms with E-state index in [4.69, 9.17) is 5.11 Å². The summed E-state index contributed by atoms with van der Waals surface area (Å²) in [4.78, 5) is 26.3. The molecule has 126 valence electrons. The highest BCUT2D eigenvalue weighted by atomic mass is 32.1. The first-order valence-electron chi connectivity index (χ1n) is 8.14. The van der Waals surface area contributed by atoms with E-state index in [1.807, 2.05) is 29.0 Å². The summed E-state index contributed by atoms with van der Waals surface area (Å²) in [5.74, 6) is -0.0303. The lowest BCUT2D eigenvalue weighted by atomic mass is 10.2. The van der Waals surface area contributed by atoms with Crippen molar-refractivity contribution in [1.29, 1.82) is 0 Å². The molecule has 1 amide bonds. The van der Waals surface area contributed by atoms with E-state index in [0.717, 1.165) is 25.8 Å². The van der Waals surface area contributed by atoms with E-state index < -0.39 is 5.97 Å². The maximum atomic E-state index is 12.8. The molecule has 0 saturated heterocycles. The number of aryl methyl sites for hydroxylation is 1. The zero-order valence-electron chi connectivity index (χ0n) is 13.4. The van der Waals surface area contributed by atoms with E-state index >= 15 is 0 Å². The van der Waals surface area contributed by atoms with Gasteiger partial charge in [0, 0.05) is 31.2 Å². The lowest BCUT2D eigenvalue weighted by molar-refractivity contribution is 0.0697. The second-order valence-corrected chi connectivity index (χ2v) is 7.65. The zero-order valence-corrected chi connectivity index (χ0v) is 14.2. The van der Waals surface area contributed by atoms with E-state index in [1.54, 1.807) is 0 Å². The number of hydrogen-bond donors (Lipinski definition) is 1. The minimum absolute atomic E-state index is 0.0214. The summed E-state index contributed by atoms with van der Waals surface area (Å²) in [5.41, 5.74) is 1.44. The van der Waals surface area contributed by atoms with Gasteiger partial charge in [-0.05, 0) is 42.7 Å². The first-order valence-corrected chi connectivity index (χ1v) is 9.02. The highest BCUT2D eigenvalue weighted by Gasteiger charge is 2.44. The number of carbonyl (C=O) groups is 2. The van der Waals surface area contributed by atoms with Gasteiger partial charge in [0.1, 0.15) is 0 Å². The Morgan fingerprint density at radius 1 is 1.46 bits per heavy atom. The molecule has 2 saturated carbocycles. The molecule has 2 heterocycles. The Morgan fingerprint density at radius 2 is 2.25 bits per heavy atom. The number of rotatable bonds is 6. The van der Waals surface area contributed by atoms with Crippen LogP contribution >= 0.6 is 11.3 Å². The number of carbonyl (C=O) groups excluding carboxylic acids is 1. The molecule has 2 fully saturated rings. The van der Waals surface area contributed by atoms with Crippen molar-refractivity contribution >= 4 is 23.2 Å². The van der Waals surface area contributed by atoms with Crippen LogP contribution in [0.1, 0.15) is 50.8 Å². The van der Waals surface area contributed by atoms with Crippen LogP contribution in [0.2, 0.25) is 0 Å². The molecule has 2 aliphatic rings. The van der Waals surface area contributed by atoms with Crippen LogP contribution in [0.15, 0.2) is 23.8 Å². The highest BCUT2D eigenvalue weighted by molar-refractivity contribution is 7.12. The normalized spacial score (nSPS) is 22.4. The third kappa shape index (κ3) is 2.96. The zero-order chi connectivity index (χ0) is 16.8. The molecule has 2 aromatic rings. The third-order valence-electron chi connectivity index (χ3n) is 4.81. The van der Waals surface area contributed by atoms with Gasteiger partial charge in [-0.3, -0.25) is 9.48 Å². The van der Waals surface area contributed by atoms with Crippen molar-refractivity contribution < 1.29 is 14.7 Å².